The molecule has 5 unspecified atom stereocenters. The molecule has 1 N–H and O–H groups in total. The fourth-order valence-electron chi connectivity index (χ4n) is 10.1. The number of hydrogen-bond acceptors (Lipinski definition) is 2. The van der Waals surface area contributed by atoms with Gasteiger partial charge in [0, 0.05) is 12.5 Å². The van der Waals surface area contributed by atoms with E-state index in [4.69, 9.17) is 4.74 Å². The SMILES string of the molecule is COC1CC2[C@@H]3CC[C@H](CCCCC(C)(C)O)C3(C)CC[C@@H]2[C@@]2(C)CCC3CC312. The number of aliphatic hydroxyl groups is 1. The Hall–Kier alpha value is -0.0800. The molecule has 2 nitrogen and oxygen atoms in total. The smallest absolute Gasteiger partial charge is 0.0638 e. The van der Waals surface area contributed by atoms with E-state index in [1.807, 2.05) is 21.0 Å². The van der Waals surface area contributed by atoms with Crippen LogP contribution in [0.1, 0.15) is 105 Å². The van der Waals surface area contributed by atoms with Crippen molar-refractivity contribution in [2.45, 2.75) is 116 Å². The minimum Gasteiger partial charge on any atom is -0.390 e. The molecule has 2 heteroatoms. The molecule has 166 valence electrons. The third kappa shape index (κ3) is 2.86. The van der Waals surface area contributed by atoms with Gasteiger partial charge in [0.05, 0.1) is 11.7 Å². The number of fused-ring (bicyclic) bond motifs is 4. The molecule has 0 aromatic carbocycles. The Kier molecular flexibility index (Phi) is 4.81. The summed E-state index contributed by atoms with van der Waals surface area (Å²) in [6.45, 7) is 9.27. The van der Waals surface area contributed by atoms with E-state index >= 15 is 0 Å². The van der Waals surface area contributed by atoms with E-state index in [2.05, 4.69) is 13.8 Å². The van der Waals surface area contributed by atoms with Gasteiger partial charge < -0.3 is 9.84 Å². The van der Waals surface area contributed by atoms with Crippen LogP contribution in [0.2, 0.25) is 0 Å². The Morgan fingerprint density at radius 2 is 1.79 bits per heavy atom. The van der Waals surface area contributed by atoms with Gasteiger partial charge in [-0.15, -0.1) is 0 Å². The highest BCUT2D eigenvalue weighted by Crippen LogP contribution is 2.82. The van der Waals surface area contributed by atoms with Gasteiger partial charge >= 0.3 is 0 Å². The molecule has 29 heavy (non-hydrogen) atoms. The number of ether oxygens (including phenoxy) is 1. The molecular formula is C27H46O2. The maximum absolute atomic E-state index is 10.0. The molecule has 0 aromatic heterocycles. The predicted molar refractivity (Wildman–Crippen MR) is 119 cm³/mol. The molecule has 0 heterocycles. The van der Waals surface area contributed by atoms with Gasteiger partial charge in [-0.3, -0.25) is 0 Å². The molecule has 5 aliphatic rings. The summed E-state index contributed by atoms with van der Waals surface area (Å²) < 4.78 is 6.26. The minimum atomic E-state index is -0.495. The van der Waals surface area contributed by atoms with Crippen molar-refractivity contribution in [1.82, 2.24) is 0 Å². The van der Waals surface area contributed by atoms with E-state index in [1.165, 1.54) is 70.6 Å². The molecule has 9 atom stereocenters. The van der Waals surface area contributed by atoms with E-state index < -0.39 is 5.60 Å². The summed E-state index contributed by atoms with van der Waals surface area (Å²) in [5, 5.41) is 10.0. The van der Waals surface area contributed by atoms with E-state index in [1.54, 1.807) is 0 Å². The Morgan fingerprint density at radius 3 is 2.48 bits per heavy atom. The monoisotopic (exact) mass is 402 g/mol. The number of methoxy groups -OCH3 is 1. The van der Waals surface area contributed by atoms with Crippen LogP contribution < -0.4 is 0 Å². The summed E-state index contributed by atoms with van der Waals surface area (Å²) in [5.74, 6) is 4.71. The predicted octanol–water partition coefficient (Wildman–Crippen LogP) is 6.60. The zero-order valence-corrected chi connectivity index (χ0v) is 19.8. The molecule has 0 saturated heterocycles. The largest absolute Gasteiger partial charge is 0.390 e. The second kappa shape index (κ2) is 6.71. The maximum Gasteiger partial charge on any atom is 0.0638 e. The van der Waals surface area contributed by atoms with Crippen LogP contribution in [-0.4, -0.2) is 23.9 Å². The summed E-state index contributed by atoms with van der Waals surface area (Å²) in [7, 11) is 2.01. The lowest BCUT2D eigenvalue weighted by Crippen LogP contribution is -2.56. The molecule has 0 aliphatic heterocycles. The molecule has 5 fully saturated rings. The van der Waals surface area contributed by atoms with E-state index in [0.717, 1.165) is 36.0 Å². The van der Waals surface area contributed by atoms with Crippen LogP contribution in [0, 0.1) is 45.8 Å². The van der Waals surface area contributed by atoms with Crippen molar-refractivity contribution in [3.63, 3.8) is 0 Å². The Labute approximate surface area is 179 Å². The standard InChI is InChI=1S/C27H46O2/c1-24(2,28)13-7-6-8-18-9-10-21-20-16-23(29-5)27-17-19(27)11-15-26(27,4)22(20)12-14-25(18,21)3/h18-23,28H,6-17H2,1-5H3/t18-,19?,20?,21-,22-,23?,25?,26+,27?/m0/s1. The number of hydrogen-bond donors (Lipinski definition) is 1. The van der Waals surface area contributed by atoms with Gasteiger partial charge in [-0.05, 0) is 118 Å². The van der Waals surface area contributed by atoms with Crippen LogP contribution in [0.3, 0.4) is 0 Å². The summed E-state index contributed by atoms with van der Waals surface area (Å²) in [4.78, 5) is 0. The molecular weight excluding hydrogens is 356 g/mol. The van der Waals surface area contributed by atoms with Gasteiger partial charge in [-0.25, -0.2) is 0 Å². The van der Waals surface area contributed by atoms with Gasteiger partial charge in [0.15, 0.2) is 0 Å². The number of rotatable bonds is 6. The molecule has 0 amide bonds. The van der Waals surface area contributed by atoms with E-state index in [9.17, 15) is 5.11 Å². The van der Waals surface area contributed by atoms with Crippen LogP contribution in [-0.2, 0) is 4.74 Å². The fourth-order valence-corrected chi connectivity index (χ4v) is 10.1. The first-order chi connectivity index (χ1) is 13.7. The lowest BCUT2D eigenvalue weighted by molar-refractivity contribution is -0.159. The highest BCUT2D eigenvalue weighted by Gasteiger charge is 2.77. The summed E-state index contributed by atoms with van der Waals surface area (Å²) in [5.41, 5.74) is 1.19. The van der Waals surface area contributed by atoms with Crippen LogP contribution in [0.25, 0.3) is 0 Å². The van der Waals surface area contributed by atoms with Crippen LogP contribution >= 0.6 is 0 Å². The second-order valence-electron chi connectivity index (χ2n) is 13.1. The lowest BCUT2D eigenvalue weighted by atomic mass is 9.45. The van der Waals surface area contributed by atoms with Crippen molar-refractivity contribution >= 4 is 0 Å². The molecule has 5 aliphatic carbocycles. The molecule has 0 bridgehead atoms. The summed E-state index contributed by atoms with van der Waals surface area (Å²) in [6, 6.07) is 0. The quantitative estimate of drug-likeness (QED) is 0.507. The third-order valence-electron chi connectivity index (χ3n) is 11.6. The first-order valence-electron chi connectivity index (χ1n) is 12.9. The topological polar surface area (TPSA) is 29.5 Å². The molecule has 5 saturated carbocycles. The Bertz CT molecular complexity index is 637. The zero-order valence-electron chi connectivity index (χ0n) is 19.8. The molecule has 1 spiro atoms. The zero-order chi connectivity index (χ0) is 20.7. The van der Waals surface area contributed by atoms with Crippen molar-refractivity contribution in [2.24, 2.45) is 45.8 Å². The lowest BCUT2D eigenvalue weighted by Gasteiger charge is -2.60. The van der Waals surface area contributed by atoms with Gasteiger partial charge in [0.1, 0.15) is 0 Å². The minimum absolute atomic E-state index is 0.495. The van der Waals surface area contributed by atoms with Crippen molar-refractivity contribution in [1.29, 1.82) is 0 Å². The van der Waals surface area contributed by atoms with Gasteiger partial charge in [-0.2, -0.15) is 0 Å². The van der Waals surface area contributed by atoms with Crippen molar-refractivity contribution in [3.8, 4) is 0 Å². The van der Waals surface area contributed by atoms with Crippen LogP contribution in [0.5, 0.6) is 0 Å². The first-order valence-corrected chi connectivity index (χ1v) is 12.9. The van der Waals surface area contributed by atoms with Crippen LogP contribution in [0.15, 0.2) is 0 Å². The normalized spacial score (nSPS) is 53.2. The van der Waals surface area contributed by atoms with E-state index in [0.29, 0.717) is 22.3 Å². The third-order valence-corrected chi connectivity index (χ3v) is 11.6. The summed E-state index contributed by atoms with van der Waals surface area (Å²) >= 11 is 0. The average Bonchev–Trinajstić information content (AvgIpc) is 3.18. The first kappa shape index (κ1) is 20.8. The highest BCUT2D eigenvalue weighted by atomic mass is 16.5. The fraction of sp³-hybridized carbons (Fsp3) is 1.00. The van der Waals surface area contributed by atoms with Crippen LogP contribution in [0.4, 0.5) is 0 Å². The van der Waals surface area contributed by atoms with E-state index in [-0.39, 0.29) is 0 Å². The maximum atomic E-state index is 10.0. The van der Waals surface area contributed by atoms with Gasteiger partial charge in [-0.1, -0.05) is 26.7 Å². The Morgan fingerprint density at radius 1 is 1.00 bits per heavy atom. The number of unbranched alkanes of at least 4 members (excludes halogenated alkanes) is 1. The molecule has 5 rings (SSSR count). The van der Waals surface area contributed by atoms with Crippen molar-refractivity contribution in [3.05, 3.63) is 0 Å². The van der Waals surface area contributed by atoms with Gasteiger partial charge in [0.2, 0.25) is 0 Å². The average molecular weight is 403 g/mol. The molecule has 0 radical (unpaired) electrons. The highest BCUT2D eigenvalue weighted by molar-refractivity contribution is 5.25. The Balaban J connectivity index is 1.30. The van der Waals surface area contributed by atoms with Crippen molar-refractivity contribution < 1.29 is 9.84 Å². The second-order valence-corrected chi connectivity index (χ2v) is 13.1. The summed E-state index contributed by atoms with van der Waals surface area (Å²) in [6.07, 6.45) is 17.0. The van der Waals surface area contributed by atoms with Gasteiger partial charge in [0.25, 0.3) is 0 Å². The molecule has 0 aromatic rings. The van der Waals surface area contributed by atoms with Crippen molar-refractivity contribution in [2.75, 3.05) is 7.11 Å².